The standard InChI is InChI=1S/C35H44N6O4/c1-38(2)34-28(42-5)18-26(19-29(34)43-6)24-10-12-32(36-22-24)40-14-9-15-41(17-16-40)33-13-11-25(23-37-33)27-20-30(44-7)35(39(3)4)31(21-27)45-8/h10-13,18-23H,9,14-17H2,1-8H3. The van der Waals surface area contributed by atoms with Crippen molar-refractivity contribution in [3.05, 3.63) is 60.9 Å². The van der Waals surface area contributed by atoms with Crippen LogP contribution in [0, 0.1) is 0 Å². The van der Waals surface area contributed by atoms with Gasteiger partial charge in [0, 0.05) is 77.9 Å². The third-order valence-electron chi connectivity index (χ3n) is 8.16. The van der Waals surface area contributed by atoms with Crippen molar-refractivity contribution in [2.75, 3.05) is 102 Å². The van der Waals surface area contributed by atoms with Gasteiger partial charge in [0.1, 0.15) is 46.0 Å². The van der Waals surface area contributed by atoms with Gasteiger partial charge in [-0.2, -0.15) is 0 Å². The zero-order valence-electron chi connectivity index (χ0n) is 27.6. The second-order valence-corrected chi connectivity index (χ2v) is 11.4. The summed E-state index contributed by atoms with van der Waals surface area (Å²) in [6, 6.07) is 16.5. The van der Waals surface area contributed by atoms with Crippen LogP contribution in [-0.4, -0.2) is 92.8 Å². The van der Waals surface area contributed by atoms with E-state index in [0.29, 0.717) is 0 Å². The van der Waals surface area contributed by atoms with E-state index < -0.39 is 0 Å². The Balaban J connectivity index is 1.28. The Morgan fingerprint density at radius 3 is 1.13 bits per heavy atom. The van der Waals surface area contributed by atoms with E-state index in [1.807, 2.05) is 74.6 Å². The van der Waals surface area contributed by atoms with Crippen molar-refractivity contribution in [3.8, 4) is 45.3 Å². The molecule has 45 heavy (non-hydrogen) atoms. The maximum absolute atomic E-state index is 5.68. The highest BCUT2D eigenvalue weighted by Gasteiger charge is 2.20. The van der Waals surface area contributed by atoms with E-state index in [0.717, 1.165) is 101 Å². The lowest BCUT2D eigenvalue weighted by Gasteiger charge is -2.24. The summed E-state index contributed by atoms with van der Waals surface area (Å²) in [6.45, 7) is 3.57. The summed E-state index contributed by atoms with van der Waals surface area (Å²) < 4.78 is 22.7. The van der Waals surface area contributed by atoms with E-state index >= 15 is 0 Å². The molecule has 0 saturated carbocycles. The van der Waals surface area contributed by atoms with E-state index in [1.54, 1.807) is 28.4 Å². The molecule has 1 fully saturated rings. The molecule has 0 aliphatic carbocycles. The average Bonchev–Trinajstić information content (AvgIpc) is 3.33. The molecule has 10 nitrogen and oxygen atoms in total. The molecule has 2 aromatic carbocycles. The van der Waals surface area contributed by atoms with Crippen LogP contribution >= 0.6 is 0 Å². The van der Waals surface area contributed by atoms with Crippen LogP contribution in [0.1, 0.15) is 6.42 Å². The predicted octanol–water partition coefficient (Wildman–Crippen LogP) is 5.69. The Morgan fingerprint density at radius 1 is 0.511 bits per heavy atom. The molecular formula is C35H44N6O4. The Labute approximate surface area is 266 Å². The van der Waals surface area contributed by atoms with Gasteiger partial charge in [0.15, 0.2) is 0 Å². The normalized spacial score (nSPS) is 13.2. The van der Waals surface area contributed by atoms with Gasteiger partial charge in [-0.3, -0.25) is 0 Å². The van der Waals surface area contributed by atoms with Gasteiger partial charge in [-0.05, 0) is 66.1 Å². The highest BCUT2D eigenvalue weighted by Crippen LogP contribution is 2.42. The Kier molecular flexibility index (Phi) is 9.71. The van der Waals surface area contributed by atoms with Gasteiger partial charge in [-0.25, -0.2) is 9.97 Å². The first kappa shape index (κ1) is 31.6. The quantitative estimate of drug-likeness (QED) is 0.223. The molecule has 1 aliphatic heterocycles. The average molecular weight is 613 g/mol. The molecule has 10 heteroatoms. The summed E-state index contributed by atoms with van der Waals surface area (Å²) in [6.07, 6.45) is 4.86. The molecule has 5 rings (SSSR count). The number of anilines is 4. The summed E-state index contributed by atoms with van der Waals surface area (Å²) in [4.78, 5) is 18.4. The van der Waals surface area contributed by atoms with Crippen molar-refractivity contribution in [3.63, 3.8) is 0 Å². The number of pyridine rings is 2. The highest BCUT2D eigenvalue weighted by molar-refractivity contribution is 5.78. The Hall–Kier alpha value is -4.86. The maximum Gasteiger partial charge on any atom is 0.146 e. The van der Waals surface area contributed by atoms with Gasteiger partial charge in [0.25, 0.3) is 0 Å². The minimum Gasteiger partial charge on any atom is -0.494 e. The van der Waals surface area contributed by atoms with Crippen LogP contribution in [0.2, 0.25) is 0 Å². The van der Waals surface area contributed by atoms with Crippen LogP contribution in [0.5, 0.6) is 23.0 Å². The summed E-state index contributed by atoms with van der Waals surface area (Å²) in [5.74, 6) is 4.97. The number of hydrogen-bond acceptors (Lipinski definition) is 10. The van der Waals surface area contributed by atoms with Crippen LogP contribution in [0.15, 0.2) is 60.9 Å². The Bertz CT molecular complexity index is 1420. The third kappa shape index (κ3) is 6.64. The van der Waals surface area contributed by atoms with E-state index in [-0.39, 0.29) is 0 Å². The van der Waals surface area contributed by atoms with Crippen LogP contribution in [0.3, 0.4) is 0 Å². The SMILES string of the molecule is COc1cc(-c2ccc(N3CCCN(c4ccc(-c5cc(OC)c(N(C)C)c(OC)c5)cn4)CC3)nc2)cc(OC)c1N(C)C. The summed E-state index contributed by atoms with van der Waals surface area (Å²) in [5.41, 5.74) is 5.82. The van der Waals surface area contributed by atoms with E-state index in [1.165, 1.54) is 0 Å². The van der Waals surface area contributed by atoms with Crippen molar-refractivity contribution in [2.45, 2.75) is 6.42 Å². The predicted molar refractivity (Wildman–Crippen MR) is 183 cm³/mol. The lowest BCUT2D eigenvalue weighted by atomic mass is 10.1. The zero-order chi connectivity index (χ0) is 32.1. The molecule has 1 saturated heterocycles. The van der Waals surface area contributed by atoms with Gasteiger partial charge in [0.2, 0.25) is 0 Å². The number of nitrogens with zero attached hydrogens (tertiary/aromatic N) is 6. The summed E-state index contributed by atoms with van der Waals surface area (Å²) in [5, 5.41) is 0. The van der Waals surface area contributed by atoms with E-state index in [4.69, 9.17) is 28.9 Å². The molecule has 0 spiro atoms. The monoisotopic (exact) mass is 612 g/mol. The second kappa shape index (κ2) is 13.8. The summed E-state index contributed by atoms with van der Waals surface area (Å²) in [7, 11) is 14.6. The first-order valence-corrected chi connectivity index (χ1v) is 15.1. The minimum atomic E-state index is 0.759. The second-order valence-electron chi connectivity index (χ2n) is 11.4. The van der Waals surface area contributed by atoms with Gasteiger partial charge < -0.3 is 38.5 Å². The fraction of sp³-hybridized carbons (Fsp3) is 0.371. The van der Waals surface area contributed by atoms with Gasteiger partial charge in [-0.15, -0.1) is 0 Å². The van der Waals surface area contributed by atoms with Crippen molar-refractivity contribution < 1.29 is 18.9 Å². The fourth-order valence-corrected chi connectivity index (χ4v) is 5.87. The van der Waals surface area contributed by atoms with Crippen molar-refractivity contribution in [1.82, 2.24) is 9.97 Å². The molecule has 0 unspecified atom stereocenters. The van der Waals surface area contributed by atoms with Crippen molar-refractivity contribution in [1.29, 1.82) is 0 Å². The molecule has 238 valence electrons. The molecule has 0 N–H and O–H groups in total. The molecule has 0 bridgehead atoms. The third-order valence-corrected chi connectivity index (χ3v) is 8.16. The Morgan fingerprint density at radius 2 is 0.867 bits per heavy atom. The lowest BCUT2D eigenvalue weighted by Crippen LogP contribution is -2.31. The number of methoxy groups -OCH3 is 4. The molecule has 3 heterocycles. The van der Waals surface area contributed by atoms with Crippen molar-refractivity contribution in [2.24, 2.45) is 0 Å². The number of benzene rings is 2. The fourth-order valence-electron chi connectivity index (χ4n) is 5.87. The molecule has 1 aliphatic rings. The van der Waals surface area contributed by atoms with Gasteiger partial charge in [-0.1, -0.05) is 0 Å². The lowest BCUT2D eigenvalue weighted by molar-refractivity contribution is 0.395. The highest BCUT2D eigenvalue weighted by atomic mass is 16.5. The van der Waals surface area contributed by atoms with Crippen LogP contribution in [0.4, 0.5) is 23.0 Å². The number of rotatable bonds is 10. The van der Waals surface area contributed by atoms with Crippen molar-refractivity contribution >= 4 is 23.0 Å². The topological polar surface area (TPSA) is 75.7 Å². The first-order chi connectivity index (χ1) is 21.8. The van der Waals surface area contributed by atoms with Gasteiger partial charge in [0.05, 0.1) is 28.4 Å². The minimum absolute atomic E-state index is 0.759. The number of hydrogen-bond donors (Lipinski definition) is 0. The van der Waals surface area contributed by atoms with Crippen LogP contribution < -0.4 is 38.5 Å². The molecule has 2 aromatic heterocycles. The zero-order valence-corrected chi connectivity index (χ0v) is 27.6. The summed E-state index contributed by atoms with van der Waals surface area (Å²) >= 11 is 0. The molecule has 4 aromatic rings. The van der Waals surface area contributed by atoms with Crippen LogP contribution in [0.25, 0.3) is 22.3 Å². The van der Waals surface area contributed by atoms with Crippen LogP contribution in [-0.2, 0) is 0 Å². The molecule has 0 amide bonds. The first-order valence-electron chi connectivity index (χ1n) is 15.1. The smallest absolute Gasteiger partial charge is 0.146 e. The maximum atomic E-state index is 5.68. The van der Waals surface area contributed by atoms with E-state index in [2.05, 4.69) is 34.1 Å². The molecule has 0 radical (unpaired) electrons. The van der Waals surface area contributed by atoms with E-state index in [9.17, 15) is 0 Å². The van der Waals surface area contributed by atoms with Gasteiger partial charge >= 0.3 is 0 Å². The molecule has 0 atom stereocenters. The largest absolute Gasteiger partial charge is 0.494 e. The molecular weight excluding hydrogens is 568 g/mol. The number of ether oxygens (including phenoxy) is 4. The number of aromatic nitrogens is 2.